The van der Waals surface area contributed by atoms with Crippen molar-refractivity contribution in [3.05, 3.63) is 29.3 Å². The number of nitriles is 1. The van der Waals surface area contributed by atoms with E-state index < -0.39 is 5.41 Å². The molecule has 0 aromatic heterocycles. The highest BCUT2D eigenvalue weighted by Crippen LogP contribution is 2.45. The third kappa shape index (κ3) is 5.24. The monoisotopic (exact) mass is 357 g/mol. The van der Waals surface area contributed by atoms with Crippen LogP contribution in [0.2, 0.25) is 0 Å². The van der Waals surface area contributed by atoms with Crippen molar-refractivity contribution in [3.8, 4) is 11.8 Å². The van der Waals surface area contributed by atoms with E-state index in [2.05, 4.69) is 12.1 Å². The van der Waals surface area contributed by atoms with Crippen molar-refractivity contribution in [3.63, 3.8) is 0 Å². The minimum Gasteiger partial charge on any atom is -0.457 e. The molecule has 0 amide bonds. The molecule has 0 saturated heterocycles. The van der Waals surface area contributed by atoms with Crippen molar-refractivity contribution in [1.82, 2.24) is 0 Å². The molecule has 1 fully saturated rings. The van der Waals surface area contributed by atoms with Crippen LogP contribution >= 0.6 is 0 Å². The molecule has 1 aromatic rings. The van der Waals surface area contributed by atoms with Crippen LogP contribution in [0.15, 0.2) is 18.2 Å². The molecule has 1 aromatic carbocycles. The molecular weight excluding hydrogens is 326 g/mol. The molecule has 2 aliphatic carbocycles. The van der Waals surface area contributed by atoms with Gasteiger partial charge in [0, 0.05) is 6.92 Å². The zero-order valence-corrected chi connectivity index (χ0v) is 16.5. The molecular formula is C22H31NO3. The van der Waals surface area contributed by atoms with Gasteiger partial charge in [-0.1, -0.05) is 18.9 Å². The summed E-state index contributed by atoms with van der Waals surface area (Å²) in [6.45, 7) is 6.95. The zero-order valence-electron chi connectivity index (χ0n) is 16.5. The molecule has 0 N–H and O–H groups in total. The van der Waals surface area contributed by atoms with Crippen LogP contribution in [0, 0.1) is 22.7 Å². The van der Waals surface area contributed by atoms with Gasteiger partial charge in [-0.15, -0.1) is 0 Å². The van der Waals surface area contributed by atoms with Crippen LogP contribution in [0.1, 0.15) is 76.8 Å². The van der Waals surface area contributed by atoms with Gasteiger partial charge in [0.25, 0.3) is 0 Å². The molecule has 0 bridgehead atoms. The van der Waals surface area contributed by atoms with Crippen LogP contribution in [0.25, 0.3) is 0 Å². The standard InChI is InChI=1S/C20H28O3.C2H3N/c1-20(2,3)19(21)23-13-22-16-11-10-15-9-8-14-6-4-5-7-17(14)18(15)12-16;1-2-3/h10-12,14,17H,4-9,13H2,1-3H3;1H3. The van der Waals surface area contributed by atoms with Crippen LogP contribution in [-0.4, -0.2) is 12.8 Å². The van der Waals surface area contributed by atoms with Gasteiger partial charge in [0.15, 0.2) is 0 Å². The SMILES string of the molecule is CC#N.CC(C)(C)C(=O)OCOc1ccc2c(c1)C1CCCCC1CC2. The fraction of sp³-hybridized carbons (Fsp3) is 0.636. The number of rotatable bonds is 3. The van der Waals surface area contributed by atoms with E-state index in [9.17, 15) is 4.79 Å². The first kappa shape index (κ1) is 20.3. The maximum absolute atomic E-state index is 11.8. The van der Waals surface area contributed by atoms with Gasteiger partial charge in [0.1, 0.15) is 5.75 Å². The van der Waals surface area contributed by atoms with Gasteiger partial charge >= 0.3 is 5.97 Å². The van der Waals surface area contributed by atoms with Crippen LogP contribution in [0.5, 0.6) is 5.75 Å². The number of esters is 1. The Morgan fingerprint density at radius 2 is 1.92 bits per heavy atom. The summed E-state index contributed by atoms with van der Waals surface area (Å²) in [6, 6.07) is 8.14. The Balaban J connectivity index is 0.000000758. The quantitative estimate of drug-likeness (QED) is 0.539. The summed E-state index contributed by atoms with van der Waals surface area (Å²) < 4.78 is 10.9. The summed E-state index contributed by atoms with van der Waals surface area (Å²) in [6.07, 6.45) is 7.93. The Bertz CT molecular complexity index is 654. The summed E-state index contributed by atoms with van der Waals surface area (Å²) in [4.78, 5) is 11.8. The smallest absolute Gasteiger partial charge is 0.314 e. The highest BCUT2D eigenvalue weighted by atomic mass is 16.7. The maximum Gasteiger partial charge on any atom is 0.314 e. The van der Waals surface area contributed by atoms with Crippen molar-refractivity contribution >= 4 is 5.97 Å². The highest BCUT2D eigenvalue weighted by Gasteiger charge is 2.31. The van der Waals surface area contributed by atoms with Crippen molar-refractivity contribution in [2.45, 2.75) is 72.1 Å². The van der Waals surface area contributed by atoms with Crippen molar-refractivity contribution in [2.75, 3.05) is 6.79 Å². The van der Waals surface area contributed by atoms with E-state index >= 15 is 0 Å². The van der Waals surface area contributed by atoms with Gasteiger partial charge in [-0.2, -0.15) is 5.26 Å². The van der Waals surface area contributed by atoms with Gasteiger partial charge in [-0.25, -0.2) is 0 Å². The summed E-state index contributed by atoms with van der Waals surface area (Å²) in [7, 11) is 0. The molecule has 1 saturated carbocycles. The van der Waals surface area contributed by atoms with Crippen LogP contribution in [0.4, 0.5) is 0 Å². The summed E-state index contributed by atoms with van der Waals surface area (Å²) in [5, 5.41) is 7.32. The van der Waals surface area contributed by atoms with Crippen LogP contribution < -0.4 is 4.74 Å². The zero-order chi connectivity index (χ0) is 19.2. The second-order valence-corrected chi connectivity index (χ2v) is 8.22. The van der Waals surface area contributed by atoms with Gasteiger partial charge in [-0.05, 0) is 81.5 Å². The number of ether oxygens (including phenoxy) is 2. The first-order chi connectivity index (χ1) is 12.4. The molecule has 26 heavy (non-hydrogen) atoms. The van der Waals surface area contributed by atoms with Gasteiger partial charge in [-0.3, -0.25) is 4.79 Å². The van der Waals surface area contributed by atoms with E-state index in [-0.39, 0.29) is 12.8 Å². The number of hydrogen-bond donors (Lipinski definition) is 0. The third-order valence-electron chi connectivity index (χ3n) is 5.24. The average Bonchev–Trinajstić information content (AvgIpc) is 2.61. The summed E-state index contributed by atoms with van der Waals surface area (Å²) >= 11 is 0. The summed E-state index contributed by atoms with van der Waals surface area (Å²) in [5.74, 6) is 2.14. The van der Waals surface area contributed by atoms with E-state index in [1.165, 1.54) is 56.6 Å². The maximum atomic E-state index is 11.8. The number of carbonyl (C=O) groups excluding carboxylic acids is 1. The van der Waals surface area contributed by atoms with E-state index in [1.54, 1.807) is 6.07 Å². The Hall–Kier alpha value is -2.02. The predicted molar refractivity (Wildman–Crippen MR) is 102 cm³/mol. The van der Waals surface area contributed by atoms with Crippen molar-refractivity contribution in [2.24, 2.45) is 11.3 Å². The molecule has 2 unspecified atom stereocenters. The molecule has 0 spiro atoms. The number of hydrogen-bond acceptors (Lipinski definition) is 4. The van der Waals surface area contributed by atoms with Crippen LogP contribution in [-0.2, 0) is 16.0 Å². The molecule has 0 heterocycles. The lowest BCUT2D eigenvalue weighted by atomic mass is 9.68. The van der Waals surface area contributed by atoms with E-state index in [4.69, 9.17) is 14.7 Å². The Morgan fingerprint density at radius 3 is 2.62 bits per heavy atom. The molecule has 0 radical (unpaired) electrons. The first-order valence-corrected chi connectivity index (χ1v) is 9.60. The number of benzene rings is 1. The number of fused-ring (bicyclic) bond motifs is 3. The second kappa shape index (κ2) is 9.07. The fourth-order valence-corrected chi connectivity index (χ4v) is 3.91. The minimum atomic E-state index is -0.492. The van der Waals surface area contributed by atoms with Gasteiger partial charge in [0.2, 0.25) is 6.79 Å². The first-order valence-electron chi connectivity index (χ1n) is 9.60. The number of aryl methyl sites for hydroxylation is 1. The molecule has 4 heteroatoms. The normalized spacial score (nSPS) is 21.2. The molecule has 4 nitrogen and oxygen atoms in total. The Labute approximate surface area is 157 Å². The lowest BCUT2D eigenvalue weighted by Gasteiger charge is -2.37. The van der Waals surface area contributed by atoms with E-state index in [0.29, 0.717) is 5.92 Å². The van der Waals surface area contributed by atoms with Crippen LogP contribution in [0.3, 0.4) is 0 Å². The topological polar surface area (TPSA) is 59.3 Å². The summed E-state index contributed by atoms with van der Waals surface area (Å²) in [5.41, 5.74) is 2.46. The molecule has 142 valence electrons. The fourth-order valence-electron chi connectivity index (χ4n) is 3.91. The Morgan fingerprint density at radius 1 is 1.23 bits per heavy atom. The third-order valence-corrected chi connectivity index (χ3v) is 5.24. The molecule has 2 aliphatic rings. The van der Waals surface area contributed by atoms with E-state index in [0.717, 1.165) is 11.7 Å². The largest absolute Gasteiger partial charge is 0.457 e. The lowest BCUT2D eigenvalue weighted by molar-refractivity contribution is -0.159. The minimum absolute atomic E-state index is 0.0109. The molecule has 3 rings (SSSR count). The predicted octanol–water partition coefficient (Wildman–Crippen LogP) is 5.36. The van der Waals surface area contributed by atoms with Gasteiger partial charge < -0.3 is 9.47 Å². The average molecular weight is 357 g/mol. The lowest BCUT2D eigenvalue weighted by Crippen LogP contribution is -2.25. The Kier molecular flexibility index (Phi) is 7.08. The second-order valence-electron chi connectivity index (χ2n) is 8.22. The highest BCUT2D eigenvalue weighted by molar-refractivity contribution is 5.75. The van der Waals surface area contributed by atoms with Crippen molar-refractivity contribution in [1.29, 1.82) is 5.26 Å². The molecule has 2 atom stereocenters. The molecule has 0 aliphatic heterocycles. The van der Waals surface area contributed by atoms with Gasteiger partial charge in [0.05, 0.1) is 11.5 Å². The van der Waals surface area contributed by atoms with E-state index in [1.807, 2.05) is 26.8 Å². The van der Waals surface area contributed by atoms with Crippen molar-refractivity contribution < 1.29 is 14.3 Å². The number of nitrogens with zero attached hydrogens (tertiary/aromatic N) is 1. The number of carbonyl (C=O) groups is 1.